The molecule has 0 amide bonds. The first-order valence-corrected chi connectivity index (χ1v) is 6.82. The summed E-state index contributed by atoms with van der Waals surface area (Å²) in [6.45, 7) is 3.70. The Hall–Kier alpha value is -1.65. The lowest BCUT2D eigenvalue weighted by molar-refractivity contribution is 0.270. The Bertz CT molecular complexity index is 559. The summed E-state index contributed by atoms with van der Waals surface area (Å²) >= 11 is 0. The summed E-state index contributed by atoms with van der Waals surface area (Å²) in [6, 6.07) is 10.4. The van der Waals surface area contributed by atoms with Crippen LogP contribution in [0.1, 0.15) is 11.4 Å². The van der Waals surface area contributed by atoms with Gasteiger partial charge in [-0.05, 0) is 13.6 Å². The van der Waals surface area contributed by atoms with E-state index in [-0.39, 0.29) is 0 Å². The normalized spacial score (nSPS) is 15.5. The number of rotatable bonds is 3. The molecule has 1 aliphatic rings. The summed E-state index contributed by atoms with van der Waals surface area (Å²) in [6.07, 6.45) is 0.857. The van der Waals surface area contributed by atoms with Gasteiger partial charge in [-0.15, -0.1) is 0 Å². The van der Waals surface area contributed by atoms with Crippen LogP contribution in [0.4, 0.5) is 0 Å². The highest BCUT2D eigenvalue weighted by atomic mass is 15.2. The number of imidazole rings is 1. The summed E-state index contributed by atoms with van der Waals surface area (Å²) in [7, 11) is 2.16. The Balaban J connectivity index is 2.08. The highest BCUT2D eigenvalue weighted by molar-refractivity contribution is 5.57. The van der Waals surface area contributed by atoms with Crippen LogP contribution in [-0.2, 0) is 19.5 Å². The second-order valence-electron chi connectivity index (χ2n) is 5.12. The molecule has 0 saturated heterocycles. The van der Waals surface area contributed by atoms with Crippen molar-refractivity contribution in [2.75, 3.05) is 20.1 Å². The Labute approximate surface area is 113 Å². The van der Waals surface area contributed by atoms with Gasteiger partial charge >= 0.3 is 0 Å². The quantitative estimate of drug-likeness (QED) is 0.905. The Morgan fingerprint density at radius 2 is 2.00 bits per heavy atom. The highest BCUT2D eigenvalue weighted by Crippen LogP contribution is 2.26. The molecule has 2 heterocycles. The van der Waals surface area contributed by atoms with E-state index in [1.165, 1.54) is 11.3 Å². The number of likely N-dealkylation sites (N-methyl/N-ethyl adjacent to an activating group) is 1. The van der Waals surface area contributed by atoms with Crippen LogP contribution in [0.15, 0.2) is 30.3 Å². The minimum atomic E-state index is 0.655. The van der Waals surface area contributed by atoms with Crippen LogP contribution in [0.25, 0.3) is 11.4 Å². The summed E-state index contributed by atoms with van der Waals surface area (Å²) in [4.78, 5) is 7.18. The molecule has 1 aliphatic heterocycles. The number of aromatic nitrogens is 2. The zero-order valence-corrected chi connectivity index (χ0v) is 11.3. The number of nitrogens with two attached hydrogens (primary N) is 1. The van der Waals surface area contributed by atoms with Crippen molar-refractivity contribution in [3.8, 4) is 11.4 Å². The topological polar surface area (TPSA) is 47.1 Å². The number of hydrogen-bond acceptors (Lipinski definition) is 3. The van der Waals surface area contributed by atoms with Gasteiger partial charge in [-0.25, -0.2) is 4.98 Å². The van der Waals surface area contributed by atoms with Crippen molar-refractivity contribution in [1.29, 1.82) is 0 Å². The second kappa shape index (κ2) is 5.15. The molecule has 0 fully saturated rings. The van der Waals surface area contributed by atoms with Gasteiger partial charge in [0.1, 0.15) is 5.82 Å². The Kier molecular flexibility index (Phi) is 3.36. The molecule has 3 rings (SSSR count). The first kappa shape index (κ1) is 12.4. The molecule has 0 saturated carbocycles. The maximum atomic E-state index is 5.71. The number of nitrogens with zero attached hydrogens (tertiary/aromatic N) is 3. The summed E-state index contributed by atoms with van der Waals surface area (Å²) in [5, 5.41) is 0. The lowest BCUT2D eigenvalue weighted by atomic mass is 10.2. The molecule has 0 unspecified atom stereocenters. The van der Waals surface area contributed by atoms with Gasteiger partial charge in [-0.3, -0.25) is 4.90 Å². The van der Waals surface area contributed by atoms with Gasteiger partial charge in [0.25, 0.3) is 0 Å². The molecule has 0 spiro atoms. The summed E-state index contributed by atoms with van der Waals surface area (Å²) < 4.78 is 2.36. The van der Waals surface area contributed by atoms with Gasteiger partial charge in [0.05, 0.1) is 11.4 Å². The first-order valence-electron chi connectivity index (χ1n) is 6.82. The van der Waals surface area contributed by atoms with E-state index in [2.05, 4.69) is 40.8 Å². The van der Waals surface area contributed by atoms with E-state index in [9.17, 15) is 0 Å². The maximum Gasteiger partial charge on any atom is 0.140 e. The van der Waals surface area contributed by atoms with E-state index in [1.54, 1.807) is 0 Å². The minimum Gasteiger partial charge on any atom is -0.330 e. The van der Waals surface area contributed by atoms with E-state index in [1.807, 2.05) is 6.07 Å². The van der Waals surface area contributed by atoms with Gasteiger partial charge in [0.2, 0.25) is 0 Å². The van der Waals surface area contributed by atoms with Crippen molar-refractivity contribution in [2.24, 2.45) is 5.73 Å². The zero-order chi connectivity index (χ0) is 13.2. The van der Waals surface area contributed by atoms with Crippen molar-refractivity contribution in [1.82, 2.24) is 14.5 Å². The fourth-order valence-electron chi connectivity index (χ4n) is 2.70. The summed E-state index contributed by atoms with van der Waals surface area (Å²) in [5.41, 5.74) is 9.40. The van der Waals surface area contributed by atoms with Crippen LogP contribution in [0.3, 0.4) is 0 Å². The van der Waals surface area contributed by atoms with Crippen molar-refractivity contribution in [2.45, 2.75) is 19.5 Å². The molecule has 4 heteroatoms. The fraction of sp³-hybridized carbons (Fsp3) is 0.400. The molecule has 2 aromatic rings. The minimum absolute atomic E-state index is 0.655. The van der Waals surface area contributed by atoms with E-state index in [0.717, 1.165) is 37.6 Å². The number of benzene rings is 1. The second-order valence-corrected chi connectivity index (χ2v) is 5.12. The SMILES string of the molecule is CN1CCn2c(-c3ccccc3)nc(CCN)c2C1. The van der Waals surface area contributed by atoms with Gasteiger partial charge in [0.15, 0.2) is 0 Å². The Morgan fingerprint density at radius 3 is 2.74 bits per heavy atom. The Morgan fingerprint density at radius 1 is 1.21 bits per heavy atom. The fourth-order valence-corrected chi connectivity index (χ4v) is 2.70. The molecule has 0 aliphatic carbocycles. The predicted octanol–water partition coefficient (Wildman–Crippen LogP) is 1.50. The molecule has 0 bridgehead atoms. The molecule has 4 nitrogen and oxygen atoms in total. The predicted molar refractivity (Wildman–Crippen MR) is 76.8 cm³/mol. The smallest absolute Gasteiger partial charge is 0.140 e. The molecular weight excluding hydrogens is 236 g/mol. The molecule has 0 atom stereocenters. The highest BCUT2D eigenvalue weighted by Gasteiger charge is 2.22. The van der Waals surface area contributed by atoms with Crippen molar-refractivity contribution in [3.63, 3.8) is 0 Å². The number of hydrogen-bond donors (Lipinski definition) is 1. The van der Waals surface area contributed by atoms with Crippen LogP contribution >= 0.6 is 0 Å². The third kappa shape index (κ3) is 2.29. The zero-order valence-electron chi connectivity index (χ0n) is 11.3. The van der Waals surface area contributed by atoms with Crippen LogP contribution in [0, 0.1) is 0 Å². The third-order valence-corrected chi connectivity index (χ3v) is 3.69. The van der Waals surface area contributed by atoms with Crippen LogP contribution in [0.5, 0.6) is 0 Å². The largest absolute Gasteiger partial charge is 0.330 e. The standard InChI is InChI=1S/C15H20N4/c1-18-9-10-19-14(11-18)13(7-8-16)17-15(19)12-5-3-2-4-6-12/h2-6H,7-11,16H2,1H3. The first-order chi connectivity index (χ1) is 9.29. The molecule has 1 aromatic heterocycles. The van der Waals surface area contributed by atoms with E-state index >= 15 is 0 Å². The van der Waals surface area contributed by atoms with Crippen molar-refractivity contribution < 1.29 is 0 Å². The van der Waals surface area contributed by atoms with E-state index in [0.29, 0.717) is 6.54 Å². The molecule has 1 aromatic carbocycles. The molecule has 0 radical (unpaired) electrons. The van der Waals surface area contributed by atoms with E-state index in [4.69, 9.17) is 10.7 Å². The lowest BCUT2D eigenvalue weighted by Gasteiger charge is -2.26. The van der Waals surface area contributed by atoms with Crippen LogP contribution in [-0.4, -0.2) is 34.6 Å². The average Bonchev–Trinajstić information content (AvgIpc) is 2.79. The molecule has 19 heavy (non-hydrogen) atoms. The summed E-state index contributed by atoms with van der Waals surface area (Å²) in [5.74, 6) is 1.09. The third-order valence-electron chi connectivity index (χ3n) is 3.69. The van der Waals surface area contributed by atoms with Gasteiger partial charge in [0, 0.05) is 31.6 Å². The molecule has 100 valence electrons. The average molecular weight is 256 g/mol. The maximum absolute atomic E-state index is 5.71. The van der Waals surface area contributed by atoms with Crippen LogP contribution in [0.2, 0.25) is 0 Å². The van der Waals surface area contributed by atoms with Gasteiger partial charge < -0.3 is 10.3 Å². The lowest BCUT2D eigenvalue weighted by Crippen LogP contribution is -2.31. The van der Waals surface area contributed by atoms with Crippen molar-refractivity contribution >= 4 is 0 Å². The molecular formula is C15H20N4. The number of fused-ring (bicyclic) bond motifs is 1. The van der Waals surface area contributed by atoms with E-state index < -0.39 is 0 Å². The van der Waals surface area contributed by atoms with Crippen molar-refractivity contribution in [3.05, 3.63) is 41.7 Å². The van der Waals surface area contributed by atoms with Crippen LogP contribution < -0.4 is 5.73 Å². The molecule has 2 N–H and O–H groups in total. The monoisotopic (exact) mass is 256 g/mol. The van der Waals surface area contributed by atoms with Gasteiger partial charge in [-0.1, -0.05) is 30.3 Å². The van der Waals surface area contributed by atoms with Gasteiger partial charge in [-0.2, -0.15) is 0 Å².